The Morgan fingerprint density at radius 2 is 1.92 bits per heavy atom. The summed E-state index contributed by atoms with van der Waals surface area (Å²) in [5.74, 6) is -0.906. The molecule has 2 heterocycles. The molecule has 3 rings (SSSR count). The van der Waals surface area contributed by atoms with Gasteiger partial charge in [-0.2, -0.15) is 0 Å². The minimum Gasteiger partial charge on any atom is -0.462 e. The second kappa shape index (κ2) is 7.70. The van der Waals surface area contributed by atoms with Gasteiger partial charge in [0.15, 0.2) is 5.13 Å². The van der Waals surface area contributed by atoms with Crippen molar-refractivity contribution in [1.82, 2.24) is 4.98 Å². The van der Waals surface area contributed by atoms with Gasteiger partial charge in [0.25, 0.3) is 5.91 Å². The number of thiazole rings is 1. The maximum Gasteiger partial charge on any atom is 0.350 e. The molecule has 0 aliphatic heterocycles. The molecule has 2 aromatic heterocycles. The van der Waals surface area contributed by atoms with E-state index in [-0.39, 0.29) is 21.6 Å². The molecule has 3 aromatic rings. The van der Waals surface area contributed by atoms with E-state index in [1.54, 1.807) is 26.0 Å². The molecule has 0 aliphatic rings. The minimum absolute atomic E-state index is 0.253. The number of esters is 1. The van der Waals surface area contributed by atoms with E-state index in [2.05, 4.69) is 10.3 Å². The molecular formula is C16H11Cl3N2O3S2. The maximum absolute atomic E-state index is 12.6. The number of hydrogen-bond donors (Lipinski definition) is 1. The van der Waals surface area contributed by atoms with Crippen molar-refractivity contribution in [2.24, 2.45) is 0 Å². The zero-order valence-corrected chi connectivity index (χ0v) is 17.4. The smallest absolute Gasteiger partial charge is 0.350 e. The number of anilines is 1. The number of carbonyl (C=O) groups excluding carboxylic acids is 2. The molecule has 0 radical (unpaired) electrons. The fraction of sp³-hybridized carbons (Fsp3) is 0.188. The van der Waals surface area contributed by atoms with Gasteiger partial charge in [0.1, 0.15) is 9.75 Å². The third-order valence-electron chi connectivity index (χ3n) is 3.33. The van der Waals surface area contributed by atoms with Crippen LogP contribution >= 0.6 is 57.5 Å². The first-order chi connectivity index (χ1) is 12.3. The zero-order valence-electron chi connectivity index (χ0n) is 13.5. The summed E-state index contributed by atoms with van der Waals surface area (Å²) in [6.45, 7) is 3.66. The molecule has 0 saturated heterocycles. The lowest BCUT2D eigenvalue weighted by Gasteiger charge is -1.99. The molecule has 0 spiro atoms. The van der Waals surface area contributed by atoms with Crippen molar-refractivity contribution in [2.75, 3.05) is 11.9 Å². The van der Waals surface area contributed by atoms with E-state index in [0.29, 0.717) is 30.7 Å². The highest BCUT2D eigenvalue weighted by molar-refractivity contribution is 7.22. The number of benzene rings is 1. The van der Waals surface area contributed by atoms with Crippen LogP contribution in [-0.2, 0) is 4.74 Å². The van der Waals surface area contributed by atoms with Gasteiger partial charge in [-0.05, 0) is 26.0 Å². The number of fused-ring (bicyclic) bond motifs is 1. The molecule has 136 valence electrons. The van der Waals surface area contributed by atoms with Crippen LogP contribution in [0.4, 0.5) is 5.13 Å². The van der Waals surface area contributed by atoms with Crippen molar-refractivity contribution >= 4 is 84.6 Å². The molecule has 5 nitrogen and oxygen atoms in total. The predicted octanol–water partition coefficient (Wildman–Crippen LogP) is 6.06. The standard InChI is InChI=1S/C16H11Cl3N2O3S2/c1-3-24-15(23)12-6(2)20-16(26-12)21-14(22)13-11(19)10-8(18)4-7(17)5-9(10)25-13/h4-5H,3H2,1-2H3,(H,20,21,22). The maximum atomic E-state index is 12.6. The van der Waals surface area contributed by atoms with Gasteiger partial charge in [-0.15, -0.1) is 11.3 Å². The molecule has 0 unspecified atom stereocenters. The lowest BCUT2D eigenvalue weighted by Crippen LogP contribution is -2.10. The number of nitrogens with one attached hydrogen (secondary N) is 1. The number of aromatic nitrogens is 1. The van der Waals surface area contributed by atoms with Crippen LogP contribution in [0, 0.1) is 6.92 Å². The molecule has 1 N–H and O–H groups in total. The van der Waals surface area contributed by atoms with E-state index in [9.17, 15) is 9.59 Å². The Hall–Kier alpha value is -1.38. The second-order valence-electron chi connectivity index (χ2n) is 5.11. The first kappa shape index (κ1) is 19.4. The molecule has 0 atom stereocenters. The van der Waals surface area contributed by atoms with Crippen LogP contribution in [0.5, 0.6) is 0 Å². The number of nitrogens with zero attached hydrogens (tertiary/aromatic N) is 1. The summed E-state index contributed by atoms with van der Waals surface area (Å²) < 4.78 is 5.68. The van der Waals surface area contributed by atoms with Crippen LogP contribution in [-0.4, -0.2) is 23.5 Å². The summed E-state index contributed by atoms with van der Waals surface area (Å²) in [5, 5.41) is 4.62. The second-order valence-corrected chi connectivity index (χ2v) is 8.39. The van der Waals surface area contributed by atoms with Crippen molar-refractivity contribution in [3.63, 3.8) is 0 Å². The average Bonchev–Trinajstić information content (AvgIpc) is 3.07. The molecule has 0 aliphatic carbocycles. The number of hydrogen-bond acceptors (Lipinski definition) is 6. The van der Waals surface area contributed by atoms with E-state index in [1.807, 2.05) is 0 Å². The van der Waals surface area contributed by atoms with Crippen LogP contribution in [0.1, 0.15) is 32.0 Å². The van der Waals surface area contributed by atoms with Gasteiger partial charge in [-0.3, -0.25) is 10.1 Å². The fourth-order valence-corrected chi connectivity index (χ4v) is 5.38. The molecule has 0 fully saturated rings. The van der Waals surface area contributed by atoms with Crippen LogP contribution in [0.3, 0.4) is 0 Å². The van der Waals surface area contributed by atoms with Crippen LogP contribution in [0.2, 0.25) is 15.1 Å². The highest BCUT2D eigenvalue weighted by atomic mass is 35.5. The lowest BCUT2D eigenvalue weighted by atomic mass is 10.2. The van der Waals surface area contributed by atoms with Crippen molar-refractivity contribution < 1.29 is 14.3 Å². The Bertz CT molecular complexity index is 1030. The third-order valence-corrected chi connectivity index (χ3v) is 6.53. The predicted molar refractivity (Wildman–Crippen MR) is 108 cm³/mol. The van der Waals surface area contributed by atoms with Crippen molar-refractivity contribution in [2.45, 2.75) is 13.8 Å². The number of ether oxygens (including phenoxy) is 1. The summed E-state index contributed by atoms with van der Waals surface area (Å²) in [5.41, 5.74) is 0.487. The topological polar surface area (TPSA) is 68.3 Å². The number of carbonyl (C=O) groups is 2. The van der Waals surface area contributed by atoms with Crippen LogP contribution in [0.25, 0.3) is 10.1 Å². The Labute approximate surface area is 171 Å². The molecule has 1 amide bonds. The Kier molecular flexibility index (Phi) is 5.74. The summed E-state index contributed by atoms with van der Waals surface area (Å²) in [6, 6.07) is 3.27. The van der Waals surface area contributed by atoms with Gasteiger partial charge >= 0.3 is 5.97 Å². The Balaban J connectivity index is 1.91. The quantitative estimate of drug-likeness (QED) is 0.492. The SMILES string of the molecule is CCOC(=O)c1sc(NC(=O)c2sc3cc(Cl)cc(Cl)c3c2Cl)nc1C. The normalized spacial score (nSPS) is 11.0. The van der Waals surface area contributed by atoms with E-state index in [0.717, 1.165) is 11.3 Å². The van der Waals surface area contributed by atoms with Crippen molar-refractivity contribution in [3.05, 3.63) is 42.6 Å². The third kappa shape index (κ3) is 3.68. The highest BCUT2D eigenvalue weighted by Crippen LogP contribution is 2.41. The molecule has 1 aromatic carbocycles. The van der Waals surface area contributed by atoms with Gasteiger partial charge in [-0.25, -0.2) is 9.78 Å². The minimum atomic E-state index is -0.468. The van der Waals surface area contributed by atoms with E-state index >= 15 is 0 Å². The van der Waals surface area contributed by atoms with Gasteiger partial charge in [0.05, 0.1) is 22.3 Å². The fourth-order valence-electron chi connectivity index (χ4n) is 2.25. The van der Waals surface area contributed by atoms with E-state index in [4.69, 9.17) is 39.5 Å². The average molecular weight is 450 g/mol. The largest absolute Gasteiger partial charge is 0.462 e. The first-order valence-electron chi connectivity index (χ1n) is 7.34. The number of amides is 1. The number of rotatable bonds is 4. The molecule has 0 saturated carbocycles. The van der Waals surface area contributed by atoms with Crippen LogP contribution in [0.15, 0.2) is 12.1 Å². The van der Waals surface area contributed by atoms with Crippen molar-refractivity contribution in [1.29, 1.82) is 0 Å². The number of aryl methyl sites for hydroxylation is 1. The van der Waals surface area contributed by atoms with Crippen molar-refractivity contribution in [3.8, 4) is 0 Å². The molecule has 0 bridgehead atoms. The summed E-state index contributed by atoms with van der Waals surface area (Å²) in [4.78, 5) is 29.3. The van der Waals surface area contributed by atoms with Gasteiger partial charge < -0.3 is 4.74 Å². The van der Waals surface area contributed by atoms with E-state index < -0.39 is 11.9 Å². The molecule has 26 heavy (non-hydrogen) atoms. The molecular weight excluding hydrogens is 439 g/mol. The number of halogens is 3. The first-order valence-corrected chi connectivity index (χ1v) is 10.1. The lowest BCUT2D eigenvalue weighted by molar-refractivity contribution is 0.0531. The zero-order chi connectivity index (χ0) is 19.0. The van der Waals surface area contributed by atoms with Gasteiger partial charge in [0.2, 0.25) is 0 Å². The summed E-state index contributed by atoms with van der Waals surface area (Å²) in [7, 11) is 0. The van der Waals surface area contributed by atoms with Gasteiger partial charge in [0, 0.05) is 15.1 Å². The number of thiophene rings is 1. The highest BCUT2D eigenvalue weighted by Gasteiger charge is 2.22. The molecule has 10 heteroatoms. The van der Waals surface area contributed by atoms with Crippen LogP contribution < -0.4 is 5.32 Å². The summed E-state index contributed by atoms with van der Waals surface area (Å²) in [6.07, 6.45) is 0. The monoisotopic (exact) mass is 448 g/mol. The summed E-state index contributed by atoms with van der Waals surface area (Å²) >= 11 is 20.7. The van der Waals surface area contributed by atoms with E-state index in [1.165, 1.54) is 11.3 Å². The van der Waals surface area contributed by atoms with Gasteiger partial charge in [-0.1, -0.05) is 46.1 Å². The Morgan fingerprint density at radius 3 is 2.62 bits per heavy atom. The Morgan fingerprint density at radius 1 is 1.19 bits per heavy atom.